The van der Waals surface area contributed by atoms with Gasteiger partial charge in [-0.3, -0.25) is 4.79 Å². The average molecular weight is 398 g/mol. The molecular formula is C23H22N6O. The molecule has 0 saturated heterocycles. The number of carbonyl (C=O) groups excluding carboxylic acids is 1. The molecule has 2 aromatic carbocycles. The molecule has 2 aromatic heterocycles. The third-order valence-electron chi connectivity index (χ3n) is 5.81. The molecule has 3 heterocycles. The van der Waals surface area contributed by atoms with E-state index in [-0.39, 0.29) is 5.91 Å². The molecule has 0 bridgehead atoms. The Morgan fingerprint density at radius 1 is 1.10 bits per heavy atom. The highest BCUT2D eigenvalue weighted by atomic mass is 16.1. The molecule has 1 atom stereocenters. The molecule has 3 N–H and O–H groups in total. The van der Waals surface area contributed by atoms with Crippen molar-refractivity contribution in [1.82, 2.24) is 19.7 Å². The molecular weight excluding hydrogens is 376 g/mol. The number of hydrogen-bond donors (Lipinski definition) is 3. The van der Waals surface area contributed by atoms with Crippen LogP contribution in [-0.2, 0) is 4.79 Å². The first-order valence-electron chi connectivity index (χ1n) is 9.85. The third kappa shape index (κ3) is 2.78. The van der Waals surface area contributed by atoms with Crippen LogP contribution in [0.1, 0.15) is 29.7 Å². The van der Waals surface area contributed by atoms with Crippen molar-refractivity contribution in [3.8, 4) is 0 Å². The molecule has 0 spiro atoms. The lowest BCUT2D eigenvalue weighted by Gasteiger charge is -2.28. The molecule has 0 saturated carbocycles. The maximum Gasteiger partial charge on any atom is 0.255 e. The highest BCUT2D eigenvalue weighted by Crippen LogP contribution is 2.38. The highest BCUT2D eigenvalue weighted by molar-refractivity contribution is 6.07. The molecule has 0 unspecified atom stereocenters. The van der Waals surface area contributed by atoms with Gasteiger partial charge < -0.3 is 15.6 Å². The van der Waals surface area contributed by atoms with Crippen LogP contribution in [0.3, 0.4) is 0 Å². The lowest BCUT2D eigenvalue weighted by Crippen LogP contribution is -2.31. The number of hydrogen-bond acceptors (Lipinski definition) is 4. The summed E-state index contributed by atoms with van der Waals surface area (Å²) in [5, 5.41) is 11.8. The number of allylic oxidation sites excluding steroid dienone is 1. The maximum absolute atomic E-state index is 13.5. The number of rotatable bonds is 3. The van der Waals surface area contributed by atoms with Gasteiger partial charge in [-0.2, -0.15) is 10.1 Å². The van der Waals surface area contributed by atoms with Gasteiger partial charge in [-0.15, -0.1) is 0 Å². The molecule has 1 aliphatic rings. The Kier molecular flexibility index (Phi) is 4.17. The van der Waals surface area contributed by atoms with Crippen LogP contribution in [0, 0.1) is 13.8 Å². The van der Waals surface area contributed by atoms with Crippen LogP contribution < -0.4 is 10.6 Å². The second-order valence-electron chi connectivity index (χ2n) is 7.59. The molecule has 0 radical (unpaired) electrons. The molecule has 1 amide bonds. The van der Waals surface area contributed by atoms with E-state index in [4.69, 9.17) is 0 Å². The van der Waals surface area contributed by atoms with Gasteiger partial charge in [0.25, 0.3) is 5.91 Å². The van der Waals surface area contributed by atoms with Crippen LogP contribution in [0.4, 0.5) is 11.6 Å². The number of nitrogens with zero attached hydrogens (tertiary/aromatic N) is 3. The number of H-pyrrole nitrogens is 1. The zero-order chi connectivity index (χ0) is 20.8. The number of anilines is 2. The maximum atomic E-state index is 13.5. The summed E-state index contributed by atoms with van der Waals surface area (Å²) in [5.74, 6) is 0.455. The van der Waals surface area contributed by atoms with Crippen molar-refractivity contribution >= 4 is 28.4 Å². The average Bonchev–Trinajstić information content (AvgIpc) is 3.37. The summed E-state index contributed by atoms with van der Waals surface area (Å²) in [4.78, 5) is 21.2. The predicted molar refractivity (Wildman–Crippen MR) is 117 cm³/mol. The van der Waals surface area contributed by atoms with E-state index in [9.17, 15) is 4.79 Å². The number of amides is 1. The van der Waals surface area contributed by atoms with Crippen molar-refractivity contribution in [2.45, 2.75) is 26.8 Å². The largest absolute Gasteiger partial charge is 0.361 e. The smallest absolute Gasteiger partial charge is 0.255 e. The number of fused-ring (bicyclic) bond motifs is 2. The topological polar surface area (TPSA) is 87.6 Å². The summed E-state index contributed by atoms with van der Waals surface area (Å²) in [6.45, 7) is 5.95. The van der Waals surface area contributed by atoms with Crippen molar-refractivity contribution in [2.24, 2.45) is 0 Å². The fourth-order valence-electron chi connectivity index (χ4n) is 4.07. The molecule has 5 rings (SSSR count). The minimum atomic E-state index is -0.398. The zero-order valence-electron chi connectivity index (χ0n) is 17.0. The fourth-order valence-corrected chi connectivity index (χ4v) is 4.07. The first-order chi connectivity index (χ1) is 14.5. The minimum absolute atomic E-state index is 0.162. The van der Waals surface area contributed by atoms with Gasteiger partial charge in [0.1, 0.15) is 12.4 Å². The molecule has 1 aliphatic heterocycles. The normalized spacial score (nSPS) is 15.8. The number of nitrogens with one attached hydrogen (secondary N) is 3. The van der Waals surface area contributed by atoms with Gasteiger partial charge >= 0.3 is 0 Å². The van der Waals surface area contributed by atoms with Crippen LogP contribution in [-0.4, -0.2) is 25.7 Å². The highest BCUT2D eigenvalue weighted by Gasteiger charge is 2.34. The van der Waals surface area contributed by atoms with Gasteiger partial charge in [-0.1, -0.05) is 30.3 Å². The molecule has 4 aromatic rings. The minimum Gasteiger partial charge on any atom is -0.361 e. The molecule has 150 valence electrons. The second kappa shape index (κ2) is 6.88. The van der Waals surface area contributed by atoms with Crippen molar-refractivity contribution in [3.63, 3.8) is 0 Å². The Bertz CT molecular complexity index is 1310. The SMILES string of the molecule is CC1=C(C(=O)Nc2cccc(C)c2C)[C@H](c2c[nH]c3ccccc23)n2ncnc2N1. The quantitative estimate of drug-likeness (QED) is 0.480. The van der Waals surface area contributed by atoms with E-state index >= 15 is 0 Å². The number of aromatic amines is 1. The Morgan fingerprint density at radius 3 is 2.80 bits per heavy atom. The van der Waals surface area contributed by atoms with Crippen molar-refractivity contribution in [3.05, 3.63) is 82.9 Å². The number of benzene rings is 2. The summed E-state index contributed by atoms with van der Waals surface area (Å²) < 4.78 is 1.76. The van der Waals surface area contributed by atoms with E-state index in [1.54, 1.807) is 4.68 Å². The molecule has 7 heteroatoms. The van der Waals surface area contributed by atoms with E-state index in [2.05, 4.69) is 31.8 Å². The number of para-hydroxylation sites is 1. The Labute approximate surface area is 173 Å². The third-order valence-corrected chi connectivity index (χ3v) is 5.81. The van der Waals surface area contributed by atoms with Crippen molar-refractivity contribution in [1.29, 1.82) is 0 Å². The van der Waals surface area contributed by atoms with Crippen LogP contribution in [0.15, 0.2) is 66.3 Å². The second-order valence-corrected chi connectivity index (χ2v) is 7.59. The van der Waals surface area contributed by atoms with E-state index in [1.807, 2.05) is 63.4 Å². The van der Waals surface area contributed by atoms with E-state index in [1.165, 1.54) is 6.33 Å². The van der Waals surface area contributed by atoms with Gasteiger partial charge in [0.05, 0.1) is 5.57 Å². The van der Waals surface area contributed by atoms with Crippen molar-refractivity contribution in [2.75, 3.05) is 10.6 Å². The Hall–Kier alpha value is -3.87. The number of carbonyl (C=O) groups is 1. The monoisotopic (exact) mass is 398 g/mol. The van der Waals surface area contributed by atoms with Crippen LogP contribution in [0.2, 0.25) is 0 Å². The molecule has 0 aliphatic carbocycles. The van der Waals surface area contributed by atoms with E-state index in [0.29, 0.717) is 11.5 Å². The lowest BCUT2D eigenvalue weighted by atomic mass is 9.94. The van der Waals surface area contributed by atoms with Gasteiger partial charge in [-0.05, 0) is 44.0 Å². The molecule has 30 heavy (non-hydrogen) atoms. The van der Waals surface area contributed by atoms with Gasteiger partial charge in [0.2, 0.25) is 5.95 Å². The van der Waals surface area contributed by atoms with Crippen LogP contribution in [0.25, 0.3) is 10.9 Å². The van der Waals surface area contributed by atoms with Crippen molar-refractivity contribution < 1.29 is 4.79 Å². The van der Waals surface area contributed by atoms with Gasteiger partial charge in [-0.25, -0.2) is 4.68 Å². The molecule has 7 nitrogen and oxygen atoms in total. The summed E-state index contributed by atoms with van der Waals surface area (Å²) >= 11 is 0. The van der Waals surface area contributed by atoms with E-state index in [0.717, 1.165) is 39.0 Å². The summed E-state index contributed by atoms with van der Waals surface area (Å²) in [6.07, 6.45) is 3.45. The number of aromatic nitrogens is 4. The van der Waals surface area contributed by atoms with E-state index < -0.39 is 6.04 Å². The van der Waals surface area contributed by atoms with Crippen LogP contribution >= 0.6 is 0 Å². The predicted octanol–water partition coefficient (Wildman–Crippen LogP) is 4.30. The fraction of sp³-hybridized carbons (Fsp3) is 0.174. The Morgan fingerprint density at radius 2 is 1.93 bits per heavy atom. The lowest BCUT2D eigenvalue weighted by molar-refractivity contribution is -0.113. The first-order valence-corrected chi connectivity index (χ1v) is 9.85. The van der Waals surface area contributed by atoms with Crippen LogP contribution in [0.5, 0.6) is 0 Å². The summed E-state index contributed by atoms with van der Waals surface area (Å²) in [6, 6.07) is 13.6. The zero-order valence-corrected chi connectivity index (χ0v) is 17.0. The molecule has 0 fully saturated rings. The standard InChI is InChI=1S/C23H22N6O/c1-13-7-6-10-18(14(13)2)28-22(30)20-15(3)27-23-25-12-26-29(23)21(20)17-11-24-19-9-5-4-8-16(17)19/h4-12,21,24H,1-3H3,(H,28,30)(H,25,26,27)/t21-/m0/s1. The van der Waals surface area contributed by atoms with Gasteiger partial charge in [0, 0.05) is 34.0 Å². The first kappa shape index (κ1) is 18.2. The van der Waals surface area contributed by atoms with Gasteiger partial charge in [0.15, 0.2) is 0 Å². The Balaban J connectivity index is 1.63. The summed E-state index contributed by atoms with van der Waals surface area (Å²) in [5.41, 5.74) is 6.35. The summed E-state index contributed by atoms with van der Waals surface area (Å²) in [7, 11) is 0. The number of aryl methyl sites for hydroxylation is 1.